The van der Waals surface area contributed by atoms with E-state index in [0.717, 1.165) is 5.56 Å². The molecule has 1 fully saturated rings. The van der Waals surface area contributed by atoms with Gasteiger partial charge in [0.15, 0.2) is 0 Å². The largest absolute Gasteiger partial charge is 0.341 e. The van der Waals surface area contributed by atoms with Gasteiger partial charge in [0, 0.05) is 32.2 Å². The number of aryl methyl sites for hydroxylation is 1. The van der Waals surface area contributed by atoms with Crippen LogP contribution < -0.4 is 0 Å². The van der Waals surface area contributed by atoms with Gasteiger partial charge in [0.1, 0.15) is 5.03 Å². The quantitative estimate of drug-likeness (QED) is 0.873. The molecule has 0 radical (unpaired) electrons. The smallest absolute Gasteiger partial charge is 0.259 e. The molecule has 3 heterocycles. The molecule has 1 saturated heterocycles. The Labute approximate surface area is 125 Å². The zero-order chi connectivity index (χ0) is 15.3. The van der Waals surface area contributed by atoms with Crippen LogP contribution in [-0.2, 0) is 17.1 Å². The molecular weight excluding hydrogens is 286 g/mol. The molecule has 2 aromatic rings. The molecular formula is C15H19N3O2S. The average Bonchev–Trinajstić information content (AvgIpc) is 2.84. The highest BCUT2D eigenvalue weighted by Gasteiger charge is 2.52. The van der Waals surface area contributed by atoms with E-state index in [4.69, 9.17) is 0 Å². The Balaban J connectivity index is 2.02. The van der Waals surface area contributed by atoms with E-state index < -0.39 is 10.0 Å². The van der Waals surface area contributed by atoms with Crippen LogP contribution in [0.1, 0.15) is 25.5 Å². The molecule has 1 atom stereocenters. The summed E-state index contributed by atoms with van der Waals surface area (Å²) in [5.41, 5.74) is 0.901. The summed E-state index contributed by atoms with van der Waals surface area (Å²) >= 11 is 0. The fourth-order valence-corrected chi connectivity index (χ4v) is 5.18. The first kappa shape index (κ1) is 14.3. The van der Waals surface area contributed by atoms with Crippen molar-refractivity contribution >= 4 is 10.0 Å². The summed E-state index contributed by atoms with van der Waals surface area (Å²) in [5.74, 6) is 0. The normalized spacial score (nSPS) is 22.0. The van der Waals surface area contributed by atoms with Crippen molar-refractivity contribution in [2.24, 2.45) is 12.5 Å². The lowest BCUT2D eigenvalue weighted by Crippen LogP contribution is -2.57. The van der Waals surface area contributed by atoms with Gasteiger partial charge in [-0.25, -0.2) is 8.42 Å². The van der Waals surface area contributed by atoms with Gasteiger partial charge in [-0.2, -0.15) is 4.31 Å². The van der Waals surface area contributed by atoms with Crippen molar-refractivity contribution in [2.75, 3.05) is 6.54 Å². The first-order valence-electron chi connectivity index (χ1n) is 6.87. The number of aromatic nitrogens is 2. The maximum atomic E-state index is 12.9. The number of hydrogen-bond acceptors (Lipinski definition) is 3. The predicted molar refractivity (Wildman–Crippen MR) is 80.1 cm³/mol. The number of rotatable bonds is 3. The van der Waals surface area contributed by atoms with Gasteiger partial charge in [0.25, 0.3) is 10.0 Å². The number of sulfonamides is 1. The lowest BCUT2D eigenvalue weighted by atomic mass is 9.74. The Hall–Kier alpha value is -1.66. The van der Waals surface area contributed by atoms with Crippen LogP contribution in [0.4, 0.5) is 0 Å². The zero-order valence-corrected chi connectivity index (χ0v) is 13.2. The standard InChI is InChI=1S/C15H19N3O2S/c1-15(2)11-18(14(15)12-6-8-16-9-7-12)21(19,20)13-5-4-10-17(13)3/h4-10,14H,11H2,1-3H3. The maximum Gasteiger partial charge on any atom is 0.259 e. The van der Waals surface area contributed by atoms with Gasteiger partial charge < -0.3 is 4.57 Å². The number of hydrogen-bond donors (Lipinski definition) is 0. The van der Waals surface area contributed by atoms with Gasteiger partial charge >= 0.3 is 0 Å². The van der Waals surface area contributed by atoms with Crippen LogP contribution in [0.3, 0.4) is 0 Å². The van der Waals surface area contributed by atoms with Crippen LogP contribution >= 0.6 is 0 Å². The van der Waals surface area contributed by atoms with Crippen molar-refractivity contribution in [1.82, 2.24) is 13.9 Å². The molecule has 2 aromatic heterocycles. The Morgan fingerprint density at radius 2 is 1.90 bits per heavy atom. The molecule has 5 nitrogen and oxygen atoms in total. The SMILES string of the molecule is Cn1cccc1S(=O)(=O)N1CC(C)(C)C1c1ccncc1. The first-order valence-corrected chi connectivity index (χ1v) is 8.31. The molecule has 0 aliphatic carbocycles. The molecule has 3 rings (SSSR count). The third kappa shape index (κ3) is 2.18. The molecule has 0 amide bonds. The molecule has 112 valence electrons. The number of pyridine rings is 1. The summed E-state index contributed by atoms with van der Waals surface area (Å²) in [6, 6.07) is 7.02. The zero-order valence-electron chi connectivity index (χ0n) is 12.4. The molecule has 1 aliphatic rings. The molecule has 6 heteroatoms. The summed E-state index contributed by atoms with van der Waals surface area (Å²) in [5, 5.41) is 0.331. The van der Waals surface area contributed by atoms with E-state index in [1.165, 1.54) is 0 Å². The van der Waals surface area contributed by atoms with E-state index in [1.807, 2.05) is 12.1 Å². The van der Waals surface area contributed by atoms with E-state index >= 15 is 0 Å². The molecule has 21 heavy (non-hydrogen) atoms. The van der Waals surface area contributed by atoms with Gasteiger partial charge in [-0.15, -0.1) is 0 Å². The van der Waals surface area contributed by atoms with Crippen molar-refractivity contribution in [3.63, 3.8) is 0 Å². The van der Waals surface area contributed by atoms with Crippen molar-refractivity contribution in [3.8, 4) is 0 Å². The van der Waals surface area contributed by atoms with Crippen molar-refractivity contribution in [2.45, 2.75) is 24.9 Å². The summed E-state index contributed by atoms with van der Waals surface area (Å²) in [6.45, 7) is 4.71. The monoisotopic (exact) mass is 305 g/mol. The fraction of sp³-hybridized carbons (Fsp3) is 0.400. The molecule has 0 aromatic carbocycles. The van der Waals surface area contributed by atoms with E-state index in [1.54, 1.807) is 46.6 Å². The van der Waals surface area contributed by atoms with Crippen molar-refractivity contribution < 1.29 is 8.42 Å². The molecule has 0 bridgehead atoms. The summed E-state index contributed by atoms with van der Waals surface area (Å²) in [4.78, 5) is 4.01. The predicted octanol–water partition coefficient (Wildman–Crippen LogP) is 2.19. The van der Waals surface area contributed by atoms with Crippen molar-refractivity contribution in [1.29, 1.82) is 0 Å². The maximum absolute atomic E-state index is 12.9. The summed E-state index contributed by atoms with van der Waals surface area (Å²) in [6.07, 6.45) is 5.16. The third-order valence-electron chi connectivity index (χ3n) is 4.08. The van der Waals surface area contributed by atoms with Gasteiger partial charge in [-0.05, 0) is 35.2 Å². The van der Waals surface area contributed by atoms with Crippen LogP contribution in [0, 0.1) is 5.41 Å². The summed E-state index contributed by atoms with van der Waals surface area (Å²) < 4.78 is 28.9. The van der Waals surface area contributed by atoms with Crippen molar-refractivity contribution in [3.05, 3.63) is 48.4 Å². The lowest BCUT2D eigenvalue weighted by Gasteiger charge is -2.53. The van der Waals surface area contributed by atoms with E-state index in [2.05, 4.69) is 18.8 Å². The molecule has 1 aliphatic heterocycles. The highest BCUT2D eigenvalue weighted by Crippen LogP contribution is 2.50. The fourth-order valence-electron chi connectivity index (χ4n) is 3.08. The third-order valence-corrected chi connectivity index (χ3v) is 5.99. The summed E-state index contributed by atoms with van der Waals surface area (Å²) in [7, 11) is -1.73. The van der Waals surface area contributed by atoms with E-state index in [9.17, 15) is 8.42 Å². The Morgan fingerprint density at radius 3 is 2.43 bits per heavy atom. The van der Waals surface area contributed by atoms with Crippen LogP contribution in [-0.4, -0.2) is 28.8 Å². The van der Waals surface area contributed by atoms with Gasteiger partial charge in [-0.3, -0.25) is 4.98 Å². The average molecular weight is 305 g/mol. The van der Waals surface area contributed by atoms with E-state index in [-0.39, 0.29) is 11.5 Å². The topological polar surface area (TPSA) is 55.2 Å². The Morgan fingerprint density at radius 1 is 1.24 bits per heavy atom. The van der Waals surface area contributed by atoms with Crippen LogP contribution in [0.15, 0.2) is 47.9 Å². The van der Waals surface area contributed by atoms with Crippen LogP contribution in [0.25, 0.3) is 0 Å². The van der Waals surface area contributed by atoms with Gasteiger partial charge in [-0.1, -0.05) is 13.8 Å². The van der Waals surface area contributed by atoms with Gasteiger partial charge in [0.2, 0.25) is 0 Å². The Bertz CT molecular complexity index is 750. The van der Waals surface area contributed by atoms with Crippen LogP contribution in [0.2, 0.25) is 0 Å². The van der Waals surface area contributed by atoms with E-state index in [0.29, 0.717) is 11.6 Å². The van der Waals surface area contributed by atoms with Crippen LogP contribution in [0.5, 0.6) is 0 Å². The molecule has 0 spiro atoms. The van der Waals surface area contributed by atoms with Gasteiger partial charge in [0.05, 0.1) is 6.04 Å². The first-order chi connectivity index (χ1) is 9.84. The highest BCUT2D eigenvalue weighted by molar-refractivity contribution is 7.89. The molecule has 0 saturated carbocycles. The molecule has 0 N–H and O–H groups in total. The molecule has 1 unspecified atom stereocenters. The minimum atomic E-state index is -3.48. The second-order valence-corrected chi connectivity index (χ2v) is 8.02. The minimum absolute atomic E-state index is 0.0837. The Kier molecular flexibility index (Phi) is 3.18. The highest BCUT2D eigenvalue weighted by atomic mass is 32.2. The lowest BCUT2D eigenvalue weighted by molar-refractivity contribution is 0.0193. The second-order valence-electron chi connectivity index (χ2n) is 6.18. The minimum Gasteiger partial charge on any atom is -0.341 e. The number of nitrogens with zero attached hydrogens (tertiary/aromatic N) is 3. The second kappa shape index (κ2) is 4.68.